The molecule has 1 amide bonds. The van der Waals surface area contributed by atoms with E-state index in [0.717, 1.165) is 24.8 Å². The van der Waals surface area contributed by atoms with E-state index in [1.54, 1.807) is 13.0 Å². The van der Waals surface area contributed by atoms with Crippen LogP contribution in [0.5, 0.6) is 0 Å². The molecule has 0 radical (unpaired) electrons. The fraction of sp³-hybridized carbons (Fsp3) is 0.486. The van der Waals surface area contributed by atoms with Crippen LogP contribution < -0.4 is 10.6 Å². The molecule has 1 aliphatic carbocycles. The Morgan fingerprint density at radius 3 is 1.81 bits per heavy atom. The Morgan fingerprint density at radius 2 is 1.42 bits per heavy atom. The quantitative estimate of drug-likeness (QED) is 0.225. The molecule has 1 aliphatic rings. The third kappa shape index (κ3) is 13.3. The van der Waals surface area contributed by atoms with E-state index in [2.05, 4.69) is 53.7 Å². The molecule has 238 valence electrons. The normalized spacial score (nSPS) is 12.4. The Labute approximate surface area is 259 Å². The van der Waals surface area contributed by atoms with Gasteiger partial charge in [-0.05, 0) is 84.6 Å². The van der Waals surface area contributed by atoms with Crippen LogP contribution in [0.2, 0.25) is 0 Å². The zero-order valence-corrected chi connectivity index (χ0v) is 28.4. The number of alkyl carbamates (subject to hydrolysis) is 1. The number of nitrogens with one attached hydrogen (secondary N) is 2. The third-order valence-corrected chi connectivity index (χ3v) is 6.03. The average molecular weight is 595 g/mol. The van der Waals surface area contributed by atoms with Gasteiger partial charge in [-0.15, -0.1) is 0 Å². The van der Waals surface area contributed by atoms with E-state index in [4.69, 9.17) is 4.74 Å². The van der Waals surface area contributed by atoms with Crippen LogP contribution in [-0.4, -0.2) is 21.6 Å². The van der Waals surface area contributed by atoms with E-state index < -0.39 is 22.2 Å². The van der Waals surface area contributed by atoms with Gasteiger partial charge < -0.3 is 15.4 Å². The molecule has 8 heteroatoms. The molecule has 2 aromatic carbocycles. The molecule has 4 rings (SSSR count). The lowest BCUT2D eigenvalue weighted by molar-refractivity contribution is -0.384. The van der Waals surface area contributed by atoms with Crippen molar-refractivity contribution >= 4 is 23.3 Å². The maximum Gasteiger partial charge on any atom is 0.408 e. The number of nitro groups is 1. The topological polar surface area (TPSA) is 106 Å². The number of carbonyl (C=O) groups excluding carboxylic acids is 1. The van der Waals surface area contributed by atoms with Crippen LogP contribution in [-0.2, 0) is 10.3 Å². The van der Waals surface area contributed by atoms with Crippen LogP contribution in [0.3, 0.4) is 0 Å². The van der Waals surface area contributed by atoms with Gasteiger partial charge in [0, 0.05) is 17.4 Å². The minimum Gasteiger partial charge on any atom is -0.444 e. The molecule has 1 saturated carbocycles. The van der Waals surface area contributed by atoms with E-state index in [0.29, 0.717) is 11.4 Å². The van der Waals surface area contributed by atoms with Crippen LogP contribution >= 0.6 is 0 Å². The second-order valence-corrected chi connectivity index (χ2v) is 10.5. The highest BCUT2D eigenvalue weighted by atomic mass is 16.6. The van der Waals surface area contributed by atoms with Gasteiger partial charge in [-0.3, -0.25) is 10.1 Å². The van der Waals surface area contributed by atoms with Crippen molar-refractivity contribution in [1.29, 1.82) is 0 Å². The van der Waals surface area contributed by atoms with Crippen LogP contribution in [0, 0.1) is 30.9 Å². The Morgan fingerprint density at radius 1 is 0.884 bits per heavy atom. The lowest BCUT2D eigenvalue weighted by atomic mass is 9.72. The number of nitrogens with zero attached hydrogens (tertiary/aromatic N) is 2. The van der Waals surface area contributed by atoms with Crippen LogP contribution in [0.25, 0.3) is 0 Å². The number of anilines is 2. The van der Waals surface area contributed by atoms with Crippen molar-refractivity contribution in [2.75, 3.05) is 5.32 Å². The minimum atomic E-state index is -0.557. The molecule has 0 atom stereocenters. The molecule has 0 saturated heterocycles. The Balaban J connectivity index is 0.00000106. The number of benzene rings is 2. The lowest BCUT2D eigenvalue weighted by Gasteiger charge is -2.43. The smallest absolute Gasteiger partial charge is 0.408 e. The Hall–Kier alpha value is -3.94. The largest absolute Gasteiger partial charge is 0.444 e. The summed E-state index contributed by atoms with van der Waals surface area (Å²) in [6, 6.07) is 19.0. The fourth-order valence-electron chi connectivity index (χ4n) is 4.12. The van der Waals surface area contributed by atoms with Gasteiger partial charge in [0.1, 0.15) is 5.60 Å². The number of rotatable bonds is 5. The van der Waals surface area contributed by atoms with Crippen LogP contribution in [0.15, 0.2) is 60.7 Å². The van der Waals surface area contributed by atoms with E-state index in [9.17, 15) is 14.9 Å². The highest BCUT2D eigenvalue weighted by Gasteiger charge is 2.41. The number of hydrogen-bond acceptors (Lipinski definition) is 6. The number of carbonyl (C=O) groups is 1. The molecule has 3 aromatic rings. The number of ether oxygens (including phenoxy) is 1. The van der Waals surface area contributed by atoms with E-state index in [1.165, 1.54) is 17.2 Å². The standard InChI is InChI=1S/C21H26N4O4.C8H10.3C2H6/c1-14-6-11-17(25(27)28)18(22-14)23-16-9-7-15(8-10-16)21(12-5-13-21)24-19(26)29-20(2,3)4;1-7-4-3-5-8(2)6-7;3*1-2/h6-11H,5,12-13H2,1-4H3,(H,22,23)(H,24,26);3-6H,1-2H3;3*1-2H3. The first-order chi connectivity index (χ1) is 20.4. The number of aromatic nitrogens is 1. The highest BCUT2D eigenvalue weighted by Crippen LogP contribution is 2.42. The number of pyridine rings is 1. The predicted octanol–water partition coefficient (Wildman–Crippen LogP) is 10.3. The van der Waals surface area contributed by atoms with Gasteiger partial charge in [0.15, 0.2) is 0 Å². The van der Waals surface area contributed by atoms with Crippen molar-refractivity contribution in [1.82, 2.24) is 10.3 Å². The van der Waals surface area contributed by atoms with Gasteiger partial charge in [-0.1, -0.05) is 89.1 Å². The van der Waals surface area contributed by atoms with E-state index >= 15 is 0 Å². The van der Waals surface area contributed by atoms with Crippen molar-refractivity contribution in [2.45, 2.75) is 113 Å². The van der Waals surface area contributed by atoms with Gasteiger partial charge in [-0.2, -0.15) is 0 Å². The maximum absolute atomic E-state index is 12.3. The third-order valence-electron chi connectivity index (χ3n) is 6.03. The molecule has 2 N–H and O–H groups in total. The Bertz CT molecular complexity index is 1230. The first-order valence-corrected chi connectivity index (χ1v) is 15.4. The molecule has 1 aromatic heterocycles. The van der Waals surface area contributed by atoms with Gasteiger partial charge in [0.05, 0.1) is 10.5 Å². The summed E-state index contributed by atoms with van der Waals surface area (Å²) >= 11 is 0. The molecular weight excluding hydrogens is 540 g/mol. The summed E-state index contributed by atoms with van der Waals surface area (Å²) in [4.78, 5) is 27.3. The van der Waals surface area contributed by atoms with Crippen molar-refractivity contribution < 1.29 is 14.5 Å². The molecule has 0 spiro atoms. The zero-order chi connectivity index (χ0) is 33.2. The second-order valence-electron chi connectivity index (χ2n) is 10.5. The lowest BCUT2D eigenvalue weighted by Crippen LogP contribution is -2.52. The summed E-state index contributed by atoms with van der Waals surface area (Å²) in [6.07, 6.45) is 2.27. The monoisotopic (exact) mass is 594 g/mol. The van der Waals surface area contributed by atoms with Crippen LogP contribution in [0.4, 0.5) is 22.0 Å². The summed E-state index contributed by atoms with van der Waals surface area (Å²) in [7, 11) is 0. The summed E-state index contributed by atoms with van der Waals surface area (Å²) in [5, 5.41) is 17.3. The van der Waals surface area contributed by atoms with Crippen molar-refractivity contribution in [3.05, 3.63) is 93.2 Å². The predicted molar refractivity (Wildman–Crippen MR) is 180 cm³/mol. The van der Waals surface area contributed by atoms with Gasteiger partial charge in [0.2, 0.25) is 5.82 Å². The van der Waals surface area contributed by atoms with Gasteiger partial charge in [0.25, 0.3) is 0 Å². The average Bonchev–Trinajstić information content (AvgIpc) is 2.94. The summed E-state index contributed by atoms with van der Waals surface area (Å²) in [5.74, 6) is 0.202. The van der Waals surface area contributed by atoms with Gasteiger partial charge >= 0.3 is 11.8 Å². The zero-order valence-electron chi connectivity index (χ0n) is 28.4. The molecule has 0 bridgehead atoms. The van der Waals surface area contributed by atoms with Crippen LogP contribution in [0.1, 0.15) is 104 Å². The first kappa shape index (κ1) is 39.1. The highest BCUT2D eigenvalue weighted by molar-refractivity contribution is 5.70. The Kier molecular flexibility index (Phi) is 17.5. The van der Waals surface area contributed by atoms with Crippen molar-refractivity contribution in [2.24, 2.45) is 0 Å². The molecule has 43 heavy (non-hydrogen) atoms. The summed E-state index contributed by atoms with van der Waals surface area (Å²) in [6.45, 7) is 23.5. The first-order valence-electron chi connectivity index (χ1n) is 15.4. The SMILES string of the molecule is CC.CC.CC.Cc1ccc([N+](=O)[O-])c(Nc2ccc(C3(NC(=O)OC(C)(C)C)CCC3)cc2)n1.Cc1cccc(C)c1. The summed E-state index contributed by atoms with van der Waals surface area (Å²) < 4.78 is 5.41. The molecule has 0 unspecified atom stereocenters. The number of hydrogen-bond donors (Lipinski definition) is 2. The molecule has 1 heterocycles. The van der Waals surface area contributed by atoms with Crippen molar-refractivity contribution in [3.63, 3.8) is 0 Å². The minimum absolute atomic E-state index is 0.0817. The maximum atomic E-state index is 12.3. The molecular formula is C35H54N4O4. The molecule has 1 fully saturated rings. The van der Waals surface area contributed by atoms with Crippen molar-refractivity contribution in [3.8, 4) is 0 Å². The second kappa shape index (κ2) is 19.3. The molecule has 8 nitrogen and oxygen atoms in total. The fourth-order valence-corrected chi connectivity index (χ4v) is 4.12. The van der Waals surface area contributed by atoms with Gasteiger partial charge in [-0.25, -0.2) is 9.78 Å². The van der Waals surface area contributed by atoms with E-state index in [-0.39, 0.29) is 11.5 Å². The number of amides is 1. The number of aryl methyl sites for hydroxylation is 3. The summed E-state index contributed by atoms with van der Waals surface area (Å²) in [5.41, 5.74) is 3.95. The molecule has 0 aliphatic heterocycles. The van der Waals surface area contributed by atoms with E-state index in [1.807, 2.05) is 86.6 Å².